The minimum absolute atomic E-state index is 0.0977. The lowest BCUT2D eigenvalue weighted by molar-refractivity contribution is 0.126. The van der Waals surface area contributed by atoms with Gasteiger partial charge >= 0.3 is 6.03 Å². The maximum atomic E-state index is 12.7. The molecule has 130 valence electrons. The fraction of sp³-hybridized carbons (Fsp3) is 0.588. The summed E-state index contributed by atoms with van der Waals surface area (Å²) in [7, 11) is 0. The van der Waals surface area contributed by atoms with Gasteiger partial charge in [-0.25, -0.2) is 4.79 Å². The molecule has 2 N–H and O–H groups in total. The van der Waals surface area contributed by atoms with Crippen LogP contribution in [0.3, 0.4) is 0 Å². The molecule has 24 heavy (non-hydrogen) atoms. The number of carbonyl (C=O) groups excluding carboxylic acids is 1. The summed E-state index contributed by atoms with van der Waals surface area (Å²) in [6.07, 6.45) is 3.82. The van der Waals surface area contributed by atoms with Crippen molar-refractivity contribution in [2.45, 2.75) is 32.7 Å². The van der Waals surface area contributed by atoms with Crippen molar-refractivity contribution in [2.24, 2.45) is 11.8 Å². The van der Waals surface area contributed by atoms with Gasteiger partial charge in [0.15, 0.2) is 11.5 Å². The summed E-state index contributed by atoms with van der Waals surface area (Å²) in [6, 6.07) is 5.42. The molecule has 7 heteroatoms. The molecule has 3 heterocycles. The van der Waals surface area contributed by atoms with E-state index in [0.29, 0.717) is 6.54 Å². The zero-order valence-electron chi connectivity index (χ0n) is 14.2. The summed E-state index contributed by atoms with van der Waals surface area (Å²) in [5.74, 6) is 1.10. The Morgan fingerprint density at radius 3 is 3.00 bits per heavy atom. The van der Waals surface area contributed by atoms with E-state index >= 15 is 0 Å². The molecule has 7 nitrogen and oxygen atoms in total. The predicted molar refractivity (Wildman–Crippen MR) is 90.5 cm³/mol. The van der Waals surface area contributed by atoms with Crippen LogP contribution in [0.2, 0.25) is 0 Å². The summed E-state index contributed by atoms with van der Waals surface area (Å²) in [4.78, 5) is 14.5. The largest absolute Gasteiger partial charge is 0.396 e. The third kappa shape index (κ3) is 3.36. The van der Waals surface area contributed by atoms with Crippen LogP contribution < -0.4 is 5.32 Å². The predicted octanol–water partition coefficient (Wildman–Crippen LogP) is 1.84. The minimum Gasteiger partial charge on any atom is -0.396 e. The quantitative estimate of drug-likeness (QED) is 0.895. The average Bonchev–Trinajstić information content (AvgIpc) is 3.03. The van der Waals surface area contributed by atoms with Gasteiger partial charge in [-0.15, -0.1) is 10.2 Å². The first kappa shape index (κ1) is 16.7. The Balaban J connectivity index is 1.78. The van der Waals surface area contributed by atoms with Gasteiger partial charge in [-0.05, 0) is 36.8 Å². The highest BCUT2D eigenvalue weighted by atomic mass is 16.3. The molecule has 1 aliphatic rings. The number of aliphatic hydroxyl groups excluding tert-OH is 1. The second kappa shape index (κ2) is 7.17. The van der Waals surface area contributed by atoms with Gasteiger partial charge in [0.1, 0.15) is 0 Å². The molecule has 1 saturated heterocycles. The normalized spacial score (nSPS) is 19.7. The number of urea groups is 1. The second-order valence-electron chi connectivity index (χ2n) is 6.80. The van der Waals surface area contributed by atoms with Crippen molar-refractivity contribution in [1.82, 2.24) is 24.8 Å². The number of piperidine rings is 1. The van der Waals surface area contributed by atoms with Crippen LogP contribution in [0, 0.1) is 11.8 Å². The van der Waals surface area contributed by atoms with Gasteiger partial charge in [0, 0.05) is 25.9 Å². The van der Waals surface area contributed by atoms with E-state index in [1.54, 1.807) is 4.90 Å². The fourth-order valence-corrected chi connectivity index (χ4v) is 3.22. The molecular formula is C17H25N5O2. The molecule has 0 aromatic carbocycles. The number of carbonyl (C=O) groups is 1. The second-order valence-corrected chi connectivity index (χ2v) is 6.80. The third-order valence-electron chi connectivity index (χ3n) is 4.63. The fourth-order valence-electron chi connectivity index (χ4n) is 3.22. The molecule has 0 bridgehead atoms. The molecule has 0 spiro atoms. The number of nitrogens with one attached hydrogen (secondary N) is 1. The van der Waals surface area contributed by atoms with E-state index in [-0.39, 0.29) is 30.5 Å². The molecule has 0 aliphatic carbocycles. The number of aliphatic hydroxyl groups is 1. The molecule has 0 saturated carbocycles. The van der Waals surface area contributed by atoms with E-state index in [1.807, 2.05) is 28.8 Å². The first-order valence-corrected chi connectivity index (χ1v) is 8.56. The van der Waals surface area contributed by atoms with Crippen molar-refractivity contribution in [3.8, 4) is 0 Å². The van der Waals surface area contributed by atoms with E-state index in [9.17, 15) is 9.90 Å². The lowest BCUT2D eigenvalue weighted by Crippen LogP contribution is -2.48. The lowest BCUT2D eigenvalue weighted by atomic mass is 9.99. The number of rotatable bonds is 4. The van der Waals surface area contributed by atoms with E-state index in [0.717, 1.165) is 30.9 Å². The Bertz CT molecular complexity index is 699. The first-order chi connectivity index (χ1) is 11.6. The number of aromatic nitrogens is 3. The zero-order chi connectivity index (χ0) is 17.1. The standard InChI is InChI=1S/C17H25N5O2/c1-12(2)15(16-20-19-14-7-3-4-9-22(14)16)18-17(24)21-8-5-6-13(10-21)11-23/h3-4,7,9,12-13,15,23H,5-6,8,10-11H2,1-2H3,(H,18,24). The molecule has 1 aliphatic heterocycles. The highest BCUT2D eigenvalue weighted by Crippen LogP contribution is 2.22. The van der Waals surface area contributed by atoms with Crippen molar-refractivity contribution in [3.63, 3.8) is 0 Å². The van der Waals surface area contributed by atoms with Gasteiger partial charge in [0.05, 0.1) is 6.04 Å². The summed E-state index contributed by atoms with van der Waals surface area (Å²) >= 11 is 0. The van der Waals surface area contributed by atoms with Crippen molar-refractivity contribution >= 4 is 11.7 Å². The van der Waals surface area contributed by atoms with Crippen LogP contribution >= 0.6 is 0 Å². The van der Waals surface area contributed by atoms with Gasteiger partial charge in [-0.2, -0.15) is 0 Å². The maximum absolute atomic E-state index is 12.7. The SMILES string of the molecule is CC(C)C(NC(=O)N1CCCC(CO)C1)c1nnc2ccccn12. The van der Waals surface area contributed by atoms with Crippen molar-refractivity contribution < 1.29 is 9.90 Å². The minimum atomic E-state index is -0.218. The number of amides is 2. The molecule has 2 aromatic heterocycles. The molecular weight excluding hydrogens is 306 g/mol. The van der Waals surface area contributed by atoms with Gasteiger partial charge in [0.2, 0.25) is 0 Å². The Kier molecular flexibility index (Phi) is 4.99. The molecule has 3 rings (SSSR count). The Labute approximate surface area is 141 Å². The summed E-state index contributed by atoms with van der Waals surface area (Å²) in [6.45, 7) is 5.58. The van der Waals surface area contributed by atoms with Crippen molar-refractivity contribution in [1.29, 1.82) is 0 Å². The zero-order valence-corrected chi connectivity index (χ0v) is 14.2. The molecule has 1 fully saturated rings. The number of pyridine rings is 1. The highest BCUT2D eigenvalue weighted by Gasteiger charge is 2.28. The van der Waals surface area contributed by atoms with Gasteiger partial charge < -0.3 is 15.3 Å². The molecule has 2 amide bonds. The van der Waals surface area contributed by atoms with E-state index in [1.165, 1.54) is 0 Å². The van der Waals surface area contributed by atoms with Crippen molar-refractivity contribution in [3.05, 3.63) is 30.2 Å². The molecule has 2 aromatic rings. The summed E-state index contributed by atoms with van der Waals surface area (Å²) in [5, 5.41) is 20.9. The Morgan fingerprint density at radius 2 is 2.25 bits per heavy atom. The van der Waals surface area contributed by atoms with Crippen LogP contribution in [0.4, 0.5) is 4.79 Å². The van der Waals surface area contributed by atoms with Crippen molar-refractivity contribution in [2.75, 3.05) is 19.7 Å². The Morgan fingerprint density at radius 1 is 1.42 bits per heavy atom. The summed E-state index contributed by atoms with van der Waals surface area (Å²) < 4.78 is 1.91. The smallest absolute Gasteiger partial charge is 0.318 e. The first-order valence-electron chi connectivity index (χ1n) is 8.56. The summed E-state index contributed by atoms with van der Waals surface area (Å²) in [5.41, 5.74) is 0.769. The number of nitrogens with zero attached hydrogens (tertiary/aromatic N) is 4. The van der Waals surface area contributed by atoms with E-state index in [4.69, 9.17) is 0 Å². The Hall–Kier alpha value is -2.15. The monoisotopic (exact) mass is 331 g/mol. The van der Waals surface area contributed by atoms with Crippen LogP contribution in [-0.2, 0) is 0 Å². The average molecular weight is 331 g/mol. The van der Waals surface area contributed by atoms with Crippen LogP contribution in [0.25, 0.3) is 5.65 Å². The molecule has 0 radical (unpaired) electrons. The number of fused-ring (bicyclic) bond motifs is 1. The van der Waals surface area contributed by atoms with Crippen LogP contribution in [0.15, 0.2) is 24.4 Å². The van der Waals surface area contributed by atoms with Gasteiger partial charge in [-0.1, -0.05) is 19.9 Å². The topological polar surface area (TPSA) is 82.8 Å². The number of hydrogen-bond acceptors (Lipinski definition) is 4. The number of likely N-dealkylation sites (tertiary alicyclic amines) is 1. The maximum Gasteiger partial charge on any atom is 0.318 e. The van der Waals surface area contributed by atoms with E-state index in [2.05, 4.69) is 29.4 Å². The van der Waals surface area contributed by atoms with E-state index < -0.39 is 0 Å². The molecule has 2 unspecified atom stereocenters. The number of hydrogen-bond donors (Lipinski definition) is 2. The van der Waals surface area contributed by atoms with Crippen LogP contribution in [0.5, 0.6) is 0 Å². The third-order valence-corrected chi connectivity index (χ3v) is 4.63. The highest BCUT2D eigenvalue weighted by molar-refractivity contribution is 5.74. The lowest BCUT2D eigenvalue weighted by Gasteiger charge is -2.33. The van der Waals surface area contributed by atoms with Crippen LogP contribution in [0.1, 0.15) is 38.6 Å². The van der Waals surface area contributed by atoms with Gasteiger partial charge in [-0.3, -0.25) is 4.40 Å². The van der Waals surface area contributed by atoms with Gasteiger partial charge in [0.25, 0.3) is 0 Å². The van der Waals surface area contributed by atoms with Crippen LogP contribution in [-0.4, -0.2) is 50.3 Å². The molecule has 2 atom stereocenters.